The van der Waals surface area contributed by atoms with Crippen LogP contribution in [0.25, 0.3) is 0 Å². The number of rotatable bonds is 4. The molecular weight excluding hydrogens is 256 g/mol. The third-order valence-corrected chi connectivity index (χ3v) is 3.92. The van der Waals surface area contributed by atoms with Gasteiger partial charge in [-0.05, 0) is 37.8 Å². The molecule has 1 aliphatic rings. The maximum Gasteiger partial charge on any atom is 0.311 e. The van der Waals surface area contributed by atoms with Crippen molar-refractivity contribution < 1.29 is 14.7 Å². The fraction of sp³-hybridized carbons (Fsp3) is 0.533. The van der Waals surface area contributed by atoms with Gasteiger partial charge in [0.2, 0.25) is 5.91 Å². The van der Waals surface area contributed by atoms with Crippen LogP contribution in [0.4, 0.5) is 0 Å². The van der Waals surface area contributed by atoms with Crippen LogP contribution in [-0.4, -0.2) is 40.0 Å². The highest BCUT2D eigenvalue weighted by atomic mass is 16.4. The van der Waals surface area contributed by atoms with E-state index in [1.165, 1.54) is 0 Å². The summed E-state index contributed by atoms with van der Waals surface area (Å²) >= 11 is 0. The predicted octanol–water partition coefficient (Wildman–Crippen LogP) is 1.73. The van der Waals surface area contributed by atoms with Gasteiger partial charge in [0.05, 0.1) is 5.41 Å². The number of likely N-dealkylation sites (tertiary alicyclic amines) is 1. The van der Waals surface area contributed by atoms with Gasteiger partial charge in [-0.2, -0.15) is 0 Å². The fourth-order valence-corrected chi connectivity index (χ4v) is 2.58. The van der Waals surface area contributed by atoms with Crippen molar-refractivity contribution in [1.82, 2.24) is 9.88 Å². The highest BCUT2D eigenvalue weighted by molar-refractivity contribution is 5.79. The second-order valence-electron chi connectivity index (χ2n) is 5.65. The van der Waals surface area contributed by atoms with Crippen LogP contribution < -0.4 is 0 Å². The van der Waals surface area contributed by atoms with Gasteiger partial charge in [-0.3, -0.25) is 14.6 Å². The quantitative estimate of drug-likeness (QED) is 0.909. The summed E-state index contributed by atoms with van der Waals surface area (Å²) in [5.74, 6) is -0.789. The summed E-state index contributed by atoms with van der Waals surface area (Å²) in [5, 5.41) is 9.26. The van der Waals surface area contributed by atoms with Crippen LogP contribution in [0.3, 0.4) is 0 Å². The van der Waals surface area contributed by atoms with Gasteiger partial charge < -0.3 is 10.0 Å². The molecule has 0 radical (unpaired) electrons. The summed E-state index contributed by atoms with van der Waals surface area (Å²) < 4.78 is 0. The van der Waals surface area contributed by atoms with Gasteiger partial charge in [-0.15, -0.1) is 0 Å². The van der Waals surface area contributed by atoms with Crippen molar-refractivity contribution in [2.75, 3.05) is 13.1 Å². The number of aromatic nitrogens is 1. The van der Waals surface area contributed by atoms with Gasteiger partial charge in [-0.25, -0.2) is 0 Å². The molecule has 1 aliphatic heterocycles. The van der Waals surface area contributed by atoms with E-state index >= 15 is 0 Å². The fourth-order valence-electron chi connectivity index (χ4n) is 2.58. The molecule has 1 atom stereocenters. The van der Waals surface area contributed by atoms with Crippen molar-refractivity contribution in [2.45, 2.75) is 32.6 Å². The van der Waals surface area contributed by atoms with Gasteiger partial charge in [0, 0.05) is 31.9 Å². The Morgan fingerprint density at radius 3 is 2.95 bits per heavy atom. The first kappa shape index (κ1) is 14.5. The molecule has 0 saturated carbocycles. The monoisotopic (exact) mass is 276 g/mol. The van der Waals surface area contributed by atoms with Crippen molar-refractivity contribution in [3.63, 3.8) is 0 Å². The lowest BCUT2D eigenvalue weighted by atomic mass is 9.82. The number of pyridine rings is 1. The molecule has 108 valence electrons. The number of amides is 1. The van der Waals surface area contributed by atoms with Crippen LogP contribution >= 0.6 is 0 Å². The number of hydrogen-bond donors (Lipinski definition) is 1. The van der Waals surface area contributed by atoms with E-state index in [-0.39, 0.29) is 5.91 Å². The number of carbonyl (C=O) groups excluding carboxylic acids is 1. The lowest BCUT2D eigenvalue weighted by Gasteiger charge is -2.37. The van der Waals surface area contributed by atoms with Crippen molar-refractivity contribution in [3.05, 3.63) is 30.1 Å². The molecule has 0 bridgehead atoms. The Morgan fingerprint density at radius 2 is 2.30 bits per heavy atom. The van der Waals surface area contributed by atoms with E-state index in [4.69, 9.17) is 0 Å². The lowest BCUT2D eigenvalue weighted by molar-refractivity contribution is -0.153. The van der Waals surface area contributed by atoms with E-state index in [1.54, 1.807) is 24.2 Å². The van der Waals surface area contributed by atoms with Crippen molar-refractivity contribution >= 4 is 11.9 Å². The van der Waals surface area contributed by atoms with Crippen molar-refractivity contribution in [1.29, 1.82) is 0 Å². The Labute approximate surface area is 118 Å². The average Bonchev–Trinajstić information content (AvgIpc) is 2.46. The molecule has 1 N–H and O–H groups in total. The van der Waals surface area contributed by atoms with E-state index in [0.717, 1.165) is 12.0 Å². The maximum absolute atomic E-state index is 12.2. The molecule has 0 aromatic carbocycles. The zero-order chi connectivity index (χ0) is 14.6. The summed E-state index contributed by atoms with van der Waals surface area (Å²) in [6, 6.07) is 3.79. The number of carboxylic acids is 1. The van der Waals surface area contributed by atoms with Crippen LogP contribution in [0.1, 0.15) is 31.7 Å². The molecule has 5 heteroatoms. The Hall–Kier alpha value is -1.91. The van der Waals surface area contributed by atoms with Gasteiger partial charge in [-0.1, -0.05) is 6.07 Å². The summed E-state index contributed by atoms with van der Waals surface area (Å²) in [5.41, 5.74) is 0.223. The third-order valence-electron chi connectivity index (χ3n) is 3.92. The highest BCUT2D eigenvalue weighted by Gasteiger charge is 2.39. The molecule has 5 nitrogen and oxygen atoms in total. The number of aryl methyl sites for hydroxylation is 1. The minimum atomic E-state index is -0.817. The molecule has 1 aromatic heterocycles. The van der Waals surface area contributed by atoms with Crippen LogP contribution in [0.5, 0.6) is 0 Å². The normalized spacial score (nSPS) is 22.6. The van der Waals surface area contributed by atoms with E-state index in [1.807, 2.05) is 12.1 Å². The minimum Gasteiger partial charge on any atom is -0.481 e. The van der Waals surface area contributed by atoms with E-state index < -0.39 is 11.4 Å². The highest BCUT2D eigenvalue weighted by Crippen LogP contribution is 2.30. The number of hydrogen-bond acceptors (Lipinski definition) is 3. The number of carbonyl (C=O) groups is 2. The molecule has 1 aromatic rings. The van der Waals surface area contributed by atoms with Gasteiger partial charge in [0.15, 0.2) is 0 Å². The summed E-state index contributed by atoms with van der Waals surface area (Å²) in [6.45, 7) is 2.69. The Balaban J connectivity index is 1.91. The zero-order valence-electron chi connectivity index (χ0n) is 11.7. The first-order chi connectivity index (χ1) is 9.51. The molecule has 1 saturated heterocycles. The first-order valence-corrected chi connectivity index (χ1v) is 6.91. The van der Waals surface area contributed by atoms with E-state index in [9.17, 15) is 14.7 Å². The maximum atomic E-state index is 12.2. The van der Waals surface area contributed by atoms with Gasteiger partial charge in [0.25, 0.3) is 0 Å². The number of piperidine rings is 1. The summed E-state index contributed by atoms with van der Waals surface area (Å²) in [6.07, 6.45) is 5.89. The largest absolute Gasteiger partial charge is 0.481 e. The Morgan fingerprint density at radius 1 is 1.50 bits per heavy atom. The summed E-state index contributed by atoms with van der Waals surface area (Å²) in [4.78, 5) is 29.2. The molecule has 2 rings (SSSR count). The van der Waals surface area contributed by atoms with Gasteiger partial charge >= 0.3 is 5.97 Å². The number of aliphatic carboxylic acids is 1. The molecule has 1 unspecified atom stereocenters. The summed E-state index contributed by atoms with van der Waals surface area (Å²) in [7, 11) is 0. The number of carboxylic acid groups (broad SMARTS) is 1. The van der Waals surface area contributed by atoms with E-state index in [0.29, 0.717) is 32.4 Å². The number of nitrogens with zero attached hydrogens (tertiary/aromatic N) is 2. The van der Waals surface area contributed by atoms with Crippen LogP contribution in [-0.2, 0) is 16.0 Å². The molecule has 1 amide bonds. The SMILES string of the molecule is CC1(C(=O)O)CCCN(C(=O)CCc2cccnc2)C1. The second kappa shape index (κ2) is 6.03. The van der Waals surface area contributed by atoms with Gasteiger partial charge in [0.1, 0.15) is 0 Å². The standard InChI is InChI=1S/C15H20N2O3/c1-15(14(19)20)7-3-9-17(11-15)13(18)6-5-12-4-2-8-16-10-12/h2,4,8,10H,3,5-7,9,11H2,1H3,(H,19,20). The Bertz CT molecular complexity index is 489. The molecule has 2 heterocycles. The smallest absolute Gasteiger partial charge is 0.311 e. The first-order valence-electron chi connectivity index (χ1n) is 6.91. The molecule has 1 fully saturated rings. The van der Waals surface area contributed by atoms with Crippen LogP contribution in [0.2, 0.25) is 0 Å². The zero-order valence-corrected chi connectivity index (χ0v) is 11.7. The molecule has 0 aliphatic carbocycles. The van der Waals surface area contributed by atoms with E-state index in [2.05, 4.69) is 4.98 Å². The Kier molecular flexibility index (Phi) is 4.37. The lowest BCUT2D eigenvalue weighted by Crippen LogP contribution is -2.48. The third kappa shape index (κ3) is 3.35. The van der Waals surface area contributed by atoms with Crippen LogP contribution in [0.15, 0.2) is 24.5 Å². The van der Waals surface area contributed by atoms with Crippen molar-refractivity contribution in [2.24, 2.45) is 5.41 Å². The minimum absolute atomic E-state index is 0.0287. The molecular formula is C15H20N2O3. The average molecular weight is 276 g/mol. The topological polar surface area (TPSA) is 70.5 Å². The molecule has 0 spiro atoms. The molecule has 20 heavy (non-hydrogen) atoms. The van der Waals surface area contributed by atoms with Crippen molar-refractivity contribution in [3.8, 4) is 0 Å². The predicted molar refractivity (Wildman–Crippen MR) is 74.1 cm³/mol. The van der Waals surface area contributed by atoms with Crippen LogP contribution in [0, 0.1) is 5.41 Å². The second-order valence-corrected chi connectivity index (χ2v) is 5.65.